The van der Waals surface area contributed by atoms with Gasteiger partial charge in [0.1, 0.15) is 17.1 Å². The molecule has 1 aliphatic rings. The summed E-state index contributed by atoms with van der Waals surface area (Å²) in [4.78, 5) is 27.0. The van der Waals surface area contributed by atoms with Crippen molar-refractivity contribution in [1.82, 2.24) is 10.2 Å². The van der Waals surface area contributed by atoms with E-state index in [0.29, 0.717) is 43.0 Å². The van der Waals surface area contributed by atoms with Crippen LogP contribution in [0.3, 0.4) is 0 Å². The molecule has 7 heteroatoms. The van der Waals surface area contributed by atoms with Crippen LogP contribution in [0.2, 0.25) is 0 Å². The van der Waals surface area contributed by atoms with Crippen molar-refractivity contribution in [3.63, 3.8) is 0 Å². The molecule has 1 heterocycles. The molecule has 6 nitrogen and oxygen atoms in total. The van der Waals surface area contributed by atoms with E-state index in [1.54, 1.807) is 18.2 Å². The van der Waals surface area contributed by atoms with Gasteiger partial charge in [-0.1, -0.05) is 6.07 Å². The third kappa shape index (κ3) is 4.41. The van der Waals surface area contributed by atoms with E-state index < -0.39 is 5.41 Å². The molecule has 0 unspecified atom stereocenters. The molecule has 0 spiro atoms. The first-order valence-corrected chi connectivity index (χ1v) is 9.24. The summed E-state index contributed by atoms with van der Waals surface area (Å²) in [6.07, 6.45) is 1.40. The lowest BCUT2D eigenvalue weighted by Crippen LogP contribution is -2.50. The zero-order chi connectivity index (χ0) is 19.3. The van der Waals surface area contributed by atoms with Gasteiger partial charge >= 0.3 is 0 Å². The van der Waals surface area contributed by atoms with Crippen LogP contribution in [0, 0.1) is 5.41 Å². The second-order valence-electron chi connectivity index (χ2n) is 7.09. The Morgan fingerprint density at radius 1 is 1.19 bits per heavy atom. The van der Waals surface area contributed by atoms with Crippen LogP contribution in [0.15, 0.2) is 18.2 Å². The minimum atomic E-state index is -0.567. The van der Waals surface area contributed by atoms with Gasteiger partial charge in [0.15, 0.2) is 0 Å². The number of piperidine rings is 1. The summed E-state index contributed by atoms with van der Waals surface area (Å²) in [7, 11) is 3.04. The number of carbonyl (C=O) groups is 2. The van der Waals surface area contributed by atoms with E-state index in [1.807, 2.05) is 18.7 Å². The van der Waals surface area contributed by atoms with Crippen molar-refractivity contribution >= 4 is 23.4 Å². The highest BCUT2D eigenvalue weighted by Gasteiger charge is 2.34. The number of hydrogen-bond donors (Lipinski definition) is 1. The van der Waals surface area contributed by atoms with E-state index >= 15 is 0 Å². The Kier molecular flexibility index (Phi) is 6.75. The average molecular weight is 383 g/mol. The lowest BCUT2D eigenvalue weighted by atomic mass is 9.92. The molecule has 0 radical (unpaired) electrons. The second kappa shape index (κ2) is 8.62. The van der Waals surface area contributed by atoms with Gasteiger partial charge in [-0.3, -0.25) is 9.59 Å². The summed E-state index contributed by atoms with van der Waals surface area (Å²) in [6.45, 7) is 4.91. The topological polar surface area (TPSA) is 67.9 Å². The number of hydrogen-bond acceptors (Lipinski definition) is 4. The highest BCUT2D eigenvalue weighted by Crippen LogP contribution is 2.29. The van der Waals surface area contributed by atoms with Crippen LogP contribution in [-0.2, 0) is 4.79 Å². The number of methoxy groups -OCH3 is 2. The molecular formula is C19H27ClN2O4. The maximum Gasteiger partial charge on any atom is 0.259 e. The van der Waals surface area contributed by atoms with Crippen molar-refractivity contribution < 1.29 is 19.1 Å². The molecule has 0 bridgehead atoms. The Labute approximate surface area is 159 Å². The summed E-state index contributed by atoms with van der Waals surface area (Å²) in [5.41, 5.74) is -0.179. The lowest BCUT2D eigenvalue weighted by Gasteiger charge is -2.36. The fraction of sp³-hybridized carbons (Fsp3) is 0.579. The van der Waals surface area contributed by atoms with Crippen molar-refractivity contribution in [3.8, 4) is 11.5 Å². The summed E-state index contributed by atoms with van der Waals surface area (Å²) in [5, 5.41) is 3.03. The van der Waals surface area contributed by atoms with Gasteiger partial charge in [0.2, 0.25) is 5.91 Å². The lowest BCUT2D eigenvalue weighted by molar-refractivity contribution is -0.140. The number of alkyl halides is 1. The first-order valence-electron chi connectivity index (χ1n) is 8.71. The number of ether oxygens (including phenoxy) is 2. The van der Waals surface area contributed by atoms with E-state index in [4.69, 9.17) is 21.1 Å². The fourth-order valence-electron chi connectivity index (χ4n) is 3.04. The number of nitrogens with zero attached hydrogens (tertiary/aromatic N) is 1. The van der Waals surface area contributed by atoms with Gasteiger partial charge in [0, 0.05) is 25.0 Å². The van der Waals surface area contributed by atoms with Crippen LogP contribution in [0.1, 0.15) is 37.0 Å². The predicted molar refractivity (Wildman–Crippen MR) is 101 cm³/mol. The zero-order valence-electron chi connectivity index (χ0n) is 15.8. The molecule has 144 valence electrons. The summed E-state index contributed by atoms with van der Waals surface area (Å²) in [5.74, 6) is 1.06. The first-order chi connectivity index (χ1) is 12.3. The standard InChI is InChI=1S/C19H27ClN2O4/c1-19(2,12-20)18(24)22-10-8-13(9-11-22)21-17(23)16-14(25-3)6-5-7-15(16)26-4/h5-7,13H,8-12H2,1-4H3,(H,21,23). The number of rotatable bonds is 6. The number of nitrogens with one attached hydrogen (secondary N) is 1. The molecule has 2 rings (SSSR count). The quantitative estimate of drug-likeness (QED) is 0.768. The molecule has 1 aliphatic heterocycles. The Morgan fingerprint density at radius 2 is 1.73 bits per heavy atom. The minimum absolute atomic E-state index is 0.000261. The summed E-state index contributed by atoms with van der Waals surface area (Å²) < 4.78 is 10.6. The molecule has 1 aromatic rings. The van der Waals surface area contributed by atoms with Gasteiger partial charge < -0.3 is 19.7 Å². The molecule has 1 aromatic carbocycles. The predicted octanol–water partition coefficient (Wildman–Crippen LogP) is 2.69. The number of likely N-dealkylation sites (tertiary alicyclic amines) is 1. The first kappa shape index (κ1) is 20.4. The van der Waals surface area contributed by atoms with Crippen LogP contribution in [0.5, 0.6) is 11.5 Å². The van der Waals surface area contributed by atoms with Crippen LogP contribution in [0.25, 0.3) is 0 Å². The van der Waals surface area contributed by atoms with Gasteiger partial charge in [0.05, 0.1) is 19.6 Å². The SMILES string of the molecule is COc1cccc(OC)c1C(=O)NC1CCN(C(=O)C(C)(C)CCl)CC1. The molecule has 0 aliphatic carbocycles. The monoisotopic (exact) mass is 382 g/mol. The normalized spacial score (nSPS) is 15.5. The van der Waals surface area contributed by atoms with Gasteiger partial charge in [-0.2, -0.15) is 0 Å². The van der Waals surface area contributed by atoms with Crippen molar-refractivity contribution in [2.45, 2.75) is 32.7 Å². The van der Waals surface area contributed by atoms with Crippen molar-refractivity contribution in [1.29, 1.82) is 0 Å². The van der Waals surface area contributed by atoms with E-state index in [2.05, 4.69) is 5.32 Å². The summed E-state index contributed by atoms with van der Waals surface area (Å²) >= 11 is 5.90. The third-order valence-electron chi connectivity index (χ3n) is 4.69. The van der Waals surface area contributed by atoms with E-state index in [9.17, 15) is 9.59 Å². The van der Waals surface area contributed by atoms with Crippen molar-refractivity contribution in [3.05, 3.63) is 23.8 Å². The summed E-state index contributed by atoms with van der Waals surface area (Å²) in [6, 6.07) is 5.23. The average Bonchev–Trinajstić information content (AvgIpc) is 2.67. The number of halogens is 1. The molecule has 0 aromatic heterocycles. The third-order valence-corrected chi connectivity index (χ3v) is 5.35. The Bertz CT molecular complexity index is 633. The number of carbonyl (C=O) groups excluding carboxylic acids is 2. The van der Waals surface area contributed by atoms with Crippen molar-refractivity contribution in [2.75, 3.05) is 33.2 Å². The number of benzene rings is 1. The smallest absolute Gasteiger partial charge is 0.259 e. The van der Waals surface area contributed by atoms with Crippen LogP contribution >= 0.6 is 11.6 Å². The largest absolute Gasteiger partial charge is 0.496 e. The maximum absolute atomic E-state index is 12.7. The molecule has 26 heavy (non-hydrogen) atoms. The fourth-order valence-corrected chi connectivity index (χ4v) is 3.16. The van der Waals surface area contributed by atoms with E-state index in [-0.39, 0.29) is 23.7 Å². The Morgan fingerprint density at radius 3 is 2.19 bits per heavy atom. The van der Waals surface area contributed by atoms with Gasteiger partial charge in [-0.25, -0.2) is 0 Å². The Hall–Kier alpha value is -1.95. The van der Waals surface area contributed by atoms with Crippen LogP contribution < -0.4 is 14.8 Å². The second-order valence-corrected chi connectivity index (χ2v) is 7.36. The molecule has 0 atom stereocenters. The van der Waals surface area contributed by atoms with Crippen LogP contribution in [-0.4, -0.2) is 55.9 Å². The number of amides is 2. The van der Waals surface area contributed by atoms with E-state index in [1.165, 1.54) is 14.2 Å². The van der Waals surface area contributed by atoms with Gasteiger partial charge in [0.25, 0.3) is 5.91 Å². The van der Waals surface area contributed by atoms with Crippen LogP contribution in [0.4, 0.5) is 0 Å². The molecule has 2 amide bonds. The molecule has 1 fully saturated rings. The highest BCUT2D eigenvalue weighted by atomic mass is 35.5. The van der Waals surface area contributed by atoms with Gasteiger partial charge in [-0.15, -0.1) is 11.6 Å². The molecule has 1 saturated heterocycles. The van der Waals surface area contributed by atoms with E-state index in [0.717, 1.165) is 0 Å². The molecule has 1 N–H and O–H groups in total. The Balaban J connectivity index is 2.00. The highest BCUT2D eigenvalue weighted by molar-refractivity contribution is 6.19. The molecular weight excluding hydrogens is 356 g/mol. The molecule has 0 saturated carbocycles. The maximum atomic E-state index is 12.7. The minimum Gasteiger partial charge on any atom is -0.496 e. The van der Waals surface area contributed by atoms with Crippen molar-refractivity contribution in [2.24, 2.45) is 5.41 Å². The zero-order valence-corrected chi connectivity index (χ0v) is 16.6. The van der Waals surface area contributed by atoms with Gasteiger partial charge in [-0.05, 0) is 38.8 Å².